The number of carbonyl (C=O) groups is 1. The van der Waals surface area contributed by atoms with Crippen molar-refractivity contribution in [2.45, 2.75) is 37.5 Å². The van der Waals surface area contributed by atoms with Gasteiger partial charge in [-0.25, -0.2) is 8.42 Å². The first kappa shape index (κ1) is 24.9. The maximum Gasteiger partial charge on any atom is 0.263 e. The largest absolute Gasteiger partial charge is 0.496 e. The number of carbonyl (C=O) groups excluding carboxylic acids is 1. The van der Waals surface area contributed by atoms with Crippen molar-refractivity contribution in [1.82, 2.24) is 15.5 Å². The van der Waals surface area contributed by atoms with Crippen LogP contribution in [-0.2, 0) is 21.9 Å². The van der Waals surface area contributed by atoms with Crippen LogP contribution in [0.2, 0.25) is 5.02 Å². The first-order chi connectivity index (χ1) is 15.5. The fourth-order valence-corrected chi connectivity index (χ4v) is 5.05. The highest BCUT2D eigenvalue weighted by Gasteiger charge is 2.22. The minimum Gasteiger partial charge on any atom is -0.496 e. The Bertz CT molecular complexity index is 1240. The number of sulfonamides is 1. The van der Waals surface area contributed by atoms with E-state index in [2.05, 4.69) is 20.2 Å². The molecule has 2 aromatic carbocycles. The lowest BCUT2D eigenvalue weighted by Gasteiger charge is -2.12. The molecule has 1 aromatic heterocycles. The summed E-state index contributed by atoms with van der Waals surface area (Å²) in [7, 11) is -2.30. The first-order valence-corrected chi connectivity index (χ1v) is 12.7. The Hall–Kier alpha value is -2.69. The fraction of sp³-hybridized carbons (Fsp3) is 0.318. The first-order valence-electron chi connectivity index (χ1n) is 10.1. The van der Waals surface area contributed by atoms with Gasteiger partial charge in [-0.1, -0.05) is 55.8 Å². The third-order valence-electron chi connectivity index (χ3n) is 4.63. The van der Waals surface area contributed by atoms with Crippen molar-refractivity contribution in [3.05, 3.63) is 63.6 Å². The predicted molar refractivity (Wildman–Crippen MR) is 130 cm³/mol. The maximum absolute atomic E-state index is 12.7. The van der Waals surface area contributed by atoms with Crippen LogP contribution in [0.25, 0.3) is 0 Å². The van der Waals surface area contributed by atoms with Crippen LogP contribution in [-0.4, -0.2) is 38.2 Å². The van der Waals surface area contributed by atoms with Gasteiger partial charge in [-0.15, -0.1) is 10.2 Å². The maximum atomic E-state index is 12.7. The van der Waals surface area contributed by atoms with E-state index in [1.165, 1.54) is 30.6 Å². The van der Waals surface area contributed by atoms with Gasteiger partial charge in [0.2, 0.25) is 5.13 Å². The van der Waals surface area contributed by atoms with E-state index in [4.69, 9.17) is 16.3 Å². The standard InChI is InChI=1S/C22H25ClN4O4S2/c1-22(2,3)20-25-26-21(32-20)27-33(29,30)16-8-5-14(6-9-16)11-12-24-19(28)17-13-15(23)7-10-18(17)31-4/h5-10,13H,11-12H2,1-4H3,(H,24,28)(H,26,27). The summed E-state index contributed by atoms with van der Waals surface area (Å²) in [5, 5.41) is 12.2. The van der Waals surface area contributed by atoms with Gasteiger partial charge >= 0.3 is 0 Å². The van der Waals surface area contributed by atoms with Gasteiger partial charge < -0.3 is 10.1 Å². The third kappa shape index (κ3) is 6.43. The summed E-state index contributed by atoms with van der Waals surface area (Å²) in [6, 6.07) is 11.3. The summed E-state index contributed by atoms with van der Waals surface area (Å²) in [5.41, 5.74) is 1.01. The Balaban J connectivity index is 1.59. The zero-order valence-corrected chi connectivity index (χ0v) is 21.1. The predicted octanol–water partition coefficient (Wildman–Crippen LogP) is 4.27. The van der Waals surface area contributed by atoms with E-state index >= 15 is 0 Å². The molecule has 0 fully saturated rings. The zero-order chi connectivity index (χ0) is 24.2. The lowest BCUT2D eigenvalue weighted by molar-refractivity contribution is 0.0951. The van der Waals surface area contributed by atoms with Crippen LogP contribution in [0.3, 0.4) is 0 Å². The summed E-state index contributed by atoms with van der Waals surface area (Å²) >= 11 is 7.18. The van der Waals surface area contributed by atoms with E-state index < -0.39 is 10.0 Å². The van der Waals surface area contributed by atoms with Crippen molar-refractivity contribution in [2.24, 2.45) is 0 Å². The summed E-state index contributed by atoms with van der Waals surface area (Å²) < 4.78 is 33.0. The fourth-order valence-electron chi connectivity index (χ4n) is 2.85. The number of benzene rings is 2. The number of methoxy groups -OCH3 is 1. The summed E-state index contributed by atoms with van der Waals surface area (Å²) in [5.74, 6) is 0.133. The molecule has 0 aliphatic carbocycles. The topological polar surface area (TPSA) is 110 Å². The summed E-state index contributed by atoms with van der Waals surface area (Å²) in [4.78, 5) is 12.6. The quantitative estimate of drug-likeness (QED) is 0.470. The molecule has 0 radical (unpaired) electrons. The van der Waals surface area contributed by atoms with E-state index in [1.807, 2.05) is 20.8 Å². The minimum absolute atomic E-state index is 0.117. The van der Waals surface area contributed by atoms with Crippen LogP contribution in [0.4, 0.5) is 5.13 Å². The monoisotopic (exact) mass is 508 g/mol. The molecule has 0 atom stereocenters. The van der Waals surface area contributed by atoms with Crippen molar-refractivity contribution in [1.29, 1.82) is 0 Å². The van der Waals surface area contributed by atoms with Gasteiger partial charge in [0.05, 0.1) is 17.6 Å². The molecule has 33 heavy (non-hydrogen) atoms. The van der Waals surface area contributed by atoms with E-state index in [1.54, 1.807) is 30.3 Å². The van der Waals surface area contributed by atoms with E-state index in [9.17, 15) is 13.2 Å². The molecule has 2 N–H and O–H groups in total. The van der Waals surface area contributed by atoms with Crippen molar-refractivity contribution in [3.8, 4) is 5.75 Å². The molecule has 176 valence electrons. The third-order valence-corrected chi connectivity index (χ3v) is 7.61. The summed E-state index contributed by atoms with van der Waals surface area (Å²) in [6.07, 6.45) is 0.522. The summed E-state index contributed by atoms with van der Waals surface area (Å²) in [6.45, 7) is 6.31. The molecule has 0 aliphatic rings. The Morgan fingerprint density at radius 3 is 2.42 bits per heavy atom. The second-order valence-electron chi connectivity index (χ2n) is 8.26. The zero-order valence-electron chi connectivity index (χ0n) is 18.7. The molecule has 3 aromatic rings. The smallest absolute Gasteiger partial charge is 0.263 e. The Morgan fingerprint density at radius 1 is 1.12 bits per heavy atom. The van der Waals surface area contributed by atoms with Crippen molar-refractivity contribution >= 4 is 44.0 Å². The number of amides is 1. The molecular weight excluding hydrogens is 484 g/mol. The second kappa shape index (κ2) is 10.1. The van der Waals surface area contributed by atoms with Gasteiger partial charge in [0.1, 0.15) is 10.8 Å². The highest BCUT2D eigenvalue weighted by atomic mass is 35.5. The molecule has 0 aliphatic heterocycles. The number of aromatic nitrogens is 2. The Morgan fingerprint density at radius 2 is 1.82 bits per heavy atom. The highest BCUT2D eigenvalue weighted by molar-refractivity contribution is 7.93. The molecule has 1 amide bonds. The molecule has 0 bridgehead atoms. The number of hydrogen-bond acceptors (Lipinski definition) is 7. The molecule has 3 rings (SSSR count). The number of nitrogens with one attached hydrogen (secondary N) is 2. The van der Waals surface area contributed by atoms with Gasteiger partial charge in [-0.2, -0.15) is 0 Å². The molecule has 8 nitrogen and oxygen atoms in total. The van der Waals surface area contributed by atoms with E-state index in [0.717, 1.165) is 10.6 Å². The number of anilines is 1. The number of ether oxygens (including phenoxy) is 1. The number of nitrogens with zero attached hydrogens (tertiary/aromatic N) is 2. The van der Waals surface area contributed by atoms with Crippen molar-refractivity contribution in [2.75, 3.05) is 18.4 Å². The molecule has 0 saturated carbocycles. The van der Waals surface area contributed by atoms with Crippen LogP contribution in [0.1, 0.15) is 41.7 Å². The van der Waals surface area contributed by atoms with Gasteiger partial charge in [0.15, 0.2) is 0 Å². The van der Waals surface area contributed by atoms with E-state index in [0.29, 0.717) is 29.3 Å². The molecule has 0 saturated heterocycles. The number of rotatable bonds is 8. The van der Waals surface area contributed by atoms with Gasteiger partial charge in [0, 0.05) is 17.0 Å². The van der Waals surface area contributed by atoms with Gasteiger partial charge in [-0.3, -0.25) is 9.52 Å². The van der Waals surface area contributed by atoms with Gasteiger partial charge in [-0.05, 0) is 42.3 Å². The van der Waals surface area contributed by atoms with E-state index in [-0.39, 0.29) is 21.3 Å². The Kier molecular flexibility index (Phi) is 7.61. The van der Waals surface area contributed by atoms with Gasteiger partial charge in [0.25, 0.3) is 15.9 Å². The average Bonchev–Trinajstić information content (AvgIpc) is 3.22. The highest BCUT2D eigenvalue weighted by Crippen LogP contribution is 2.29. The lowest BCUT2D eigenvalue weighted by Crippen LogP contribution is -2.26. The normalized spacial score (nSPS) is 11.8. The molecule has 0 unspecified atom stereocenters. The average molecular weight is 509 g/mol. The minimum atomic E-state index is -3.78. The number of hydrogen-bond donors (Lipinski definition) is 2. The Labute approximate surface area is 202 Å². The SMILES string of the molecule is COc1ccc(Cl)cc1C(=O)NCCc1ccc(S(=O)(=O)Nc2nnc(C(C)(C)C)s2)cc1. The van der Waals surface area contributed by atoms with Crippen LogP contribution in [0.5, 0.6) is 5.75 Å². The van der Waals surface area contributed by atoms with Crippen molar-refractivity contribution in [3.63, 3.8) is 0 Å². The van der Waals surface area contributed by atoms with Crippen LogP contribution >= 0.6 is 22.9 Å². The molecule has 0 spiro atoms. The van der Waals surface area contributed by atoms with Crippen LogP contribution < -0.4 is 14.8 Å². The van der Waals surface area contributed by atoms with Crippen LogP contribution in [0.15, 0.2) is 47.4 Å². The van der Waals surface area contributed by atoms with Crippen molar-refractivity contribution < 1.29 is 17.9 Å². The molecule has 11 heteroatoms. The molecular formula is C22H25ClN4O4S2. The second-order valence-corrected chi connectivity index (χ2v) is 11.4. The molecule has 1 heterocycles. The lowest BCUT2D eigenvalue weighted by atomic mass is 9.98. The number of halogens is 1. The van der Waals surface area contributed by atoms with Crippen LogP contribution in [0, 0.1) is 0 Å².